The van der Waals surface area contributed by atoms with Crippen molar-refractivity contribution in [3.63, 3.8) is 0 Å². The maximum atomic E-state index is 14.2. The molecule has 0 atom stereocenters. The summed E-state index contributed by atoms with van der Waals surface area (Å²) in [6, 6.07) is 11.6. The van der Waals surface area contributed by atoms with E-state index in [1.165, 1.54) is 13.2 Å². The van der Waals surface area contributed by atoms with E-state index in [1.54, 1.807) is 41.2 Å². The first-order valence-electron chi connectivity index (χ1n) is 7.23. The zero-order chi connectivity index (χ0) is 17.1. The minimum Gasteiger partial charge on any atom is -0.465 e. The second kappa shape index (κ2) is 6.84. The van der Waals surface area contributed by atoms with Gasteiger partial charge in [-0.2, -0.15) is 0 Å². The Bertz CT molecular complexity index is 872. The van der Waals surface area contributed by atoms with Gasteiger partial charge in [-0.15, -0.1) is 0 Å². The number of aromatic nitrogens is 2. The zero-order valence-corrected chi connectivity index (χ0v) is 13.6. The molecule has 0 aliphatic carbocycles. The molecule has 122 valence electrons. The fourth-order valence-corrected chi connectivity index (χ4v) is 2.77. The fourth-order valence-electron chi connectivity index (χ4n) is 2.53. The number of esters is 1. The topological polar surface area (TPSA) is 44.1 Å². The molecule has 4 nitrogen and oxygen atoms in total. The number of carbonyl (C=O) groups is 1. The molecule has 0 aliphatic heterocycles. The Morgan fingerprint density at radius 3 is 2.79 bits per heavy atom. The number of carbonyl (C=O) groups excluding carboxylic acids is 1. The van der Waals surface area contributed by atoms with E-state index < -0.39 is 11.8 Å². The Labute approximate surface area is 143 Å². The van der Waals surface area contributed by atoms with Gasteiger partial charge in [0.15, 0.2) is 0 Å². The maximum absolute atomic E-state index is 14.2. The number of hydrogen-bond donors (Lipinski definition) is 0. The highest BCUT2D eigenvalue weighted by atomic mass is 35.5. The van der Waals surface area contributed by atoms with E-state index in [9.17, 15) is 9.18 Å². The quantitative estimate of drug-likeness (QED) is 0.667. The van der Waals surface area contributed by atoms with E-state index in [4.69, 9.17) is 16.3 Å². The third-order valence-corrected chi connectivity index (χ3v) is 3.98. The van der Waals surface area contributed by atoms with Crippen LogP contribution in [0.4, 0.5) is 4.39 Å². The summed E-state index contributed by atoms with van der Waals surface area (Å²) in [6.45, 7) is 0.339. The van der Waals surface area contributed by atoms with Crippen LogP contribution >= 0.6 is 11.6 Å². The number of hydrogen-bond acceptors (Lipinski definition) is 3. The van der Waals surface area contributed by atoms with E-state index in [0.717, 1.165) is 5.56 Å². The van der Waals surface area contributed by atoms with Crippen LogP contribution in [-0.2, 0) is 11.3 Å². The van der Waals surface area contributed by atoms with Crippen LogP contribution < -0.4 is 0 Å². The van der Waals surface area contributed by atoms with E-state index in [1.807, 2.05) is 12.1 Å². The van der Waals surface area contributed by atoms with Gasteiger partial charge < -0.3 is 9.30 Å². The first kappa shape index (κ1) is 16.2. The van der Waals surface area contributed by atoms with E-state index in [-0.39, 0.29) is 10.6 Å². The molecule has 0 unspecified atom stereocenters. The molecule has 0 fully saturated rings. The number of ether oxygens (including phenoxy) is 1. The largest absolute Gasteiger partial charge is 0.465 e. The van der Waals surface area contributed by atoms with Crippen LogP contribution in [0.5, 0.6) is 0 Å². The molecule has 0 N–H and O–H groups in total. The molecule has 1 aromatic heterocycles. The lowest BCUT2D eigenvalue weighted by Crippen LogP contribution is -2.09. The minimum absolute atomic E-state index is 0.236. The first-order chi connectivity index (χ1) is 11.6. The molecule has 2 aromatic carbocycles. The van der Waals surface area contributed by atoms with Crippen LogP contribution in [0.1, 0.15) is 15.9 Å². The van der Waals surface area contributed by atoms with Crippen LogP contribution in [-0.4, -0.2) is 22.6 Å². The number of nitrogens with zero attached hydrogens (tertiary/aromatic N) is 2. The summed E-state index contributed by atoms with van der Waals surface area (Å²) >= 11 is 6.13. The number of benzene rings is 2. The predicted octanol–water partition coefficient (Wildman–Crippen LogP) is 4.18. The van der Waals surface area contributed by atoms with Gasteiger partial charge in [-0.25, -0.2) is 14.2 Å². The SMILES string of the molecule is COC(=O)c1ccccc1Cn1ccnc1-c1c(F)cccc1Cl. The molecule has 3 rings (SSSR count). The second-order valence-corrected chi connectivity index (χ2v) is 5.53. The van der Waals surface area contributed by atoms with Gasteiger partial charge in [0.2, 0.25) is 0 Å². The number of halogens is 2. The fraction of sp³-hybridized carbons (Fsp3) is 0.111. The van der Waals surface area contributed by atoms with Crippen molar-refractivity contribution in [2.24, 2.45) is 0 Å². The molecule has 1 heterocycles. The first-order valence-corrected chi connectivity index (χ1v) is 7.61. The molecule has 0 saturated heterocycles. The summed E-state index contributed by atoms with van der Waals surface area (Å²) in [5, 5.41) is 0.281. The van der Waals surface area contributed by atoms with E-state index in [2.05, 4.69) is 4.98 Å². The highest BCUT2D eigenvalue weighted by Crippen LogP contribution is 2.29. The van der Waals surface area contributed by atoms with Crippen molar-refractivity contribution >= 4 is 17.6 Å². The molecule has 0 saturated carbocycles. The summed E-state index contributed by atoms with van der Waals surface area (Å²) < 4.78 is 20.7. The summed E-state index contributed by atoms with van der Waals surface area (Å²) in [5.74, 6) is -0.467. The molecule has 0 bridgehead atoms. The number of rotatable bonds is 4. The van der Waals surface area contributed by atoms with Gasteiger partial charge >= 0.3 is 5.97 Å². The molecule has 0 aliphatic rings. The van der Waals surface area contributed by atoms with Crippen molar-refractivity contribution in [2.75, 3.05) is 7.11 Å². The lowest BCUT2D eigenvalue weighted by atomic mass is 10.1. The molecule has 0 radical (unpaired) electrons. The lowest BCUT2D eigenvalue weighted by molar-refractivity contribution is 0.0599. The Balaban J connectivity index is 2.03. The average molecular weight is 345 g/mol. The molecule has 6 heteroatoms. The van der Waals surface area contributed by atoms with Crippen molar-refractivity contribution in [3.05, 3.63) is 76.8 Å². The molecular formula is C18H14ClFN2O2. The van der Waals surface area contributed by atoms with Crippen LogP contribution in [0.3, 0.4) is 0 Å². The van der Waals surface area contributed by atoms with Gasteiger partial charge in [-0.05, 0) is 23.8 Å². The lowest BCUT2D eigenvalue weighted by Gasteiger charge is -2.12. The Morgan fingerprint density at radius 1 is 1.25 bits per heavy atom. The highest BCUT2D eigenvalue weighted by molar-refractivity contribution is 6.33. The van der Waals surface area contributed by atoms with Gasteiger partial charge in [0, 0.05) is 18.9 Å². The van der Waals surface area contributed by atoms with Gasteiger partial charge in [-0.3, -0.25) is 0 Å². The van der Waals surface area contributed by atoms with Crippen LogP contribution in [0.2, 0.25) is 5.02 Å². The van der Waals surface area contributed by atoms with Gasteiger partial charge in [0.05, 0.1) is 23.3 Å². The zero-order valence-electron chi connectivity index (χ0n) is 12.9. The van der Waals surface area contributed by atoms with Crippen LogP contribution in [0, 0.1) is 5.82 Å². The van der Waals surface area contributed by atoms with Crippen molar-refractivity contribution in [1.82, 2.24) is 9.55 Å². The van der Waals surface area contributed by atoms with E-state index in [0.29, 0.717) is 17.9 Å². The van der Waals surface area contributed by atoms with Crippen molar-refractivity contribution < 1.29 is 13.9 Å². The summed E-state index contributed by atoms with van der Waals surface area (Å²) in [4.78, 5) is 16.1. The van der Waals surface area contributed by atoms with E-state index >= 15 is 0 Å². The summed E-state index contributed by atoms with van der Waals surface area (Å²) in [6.07, 6.45) is 3.28. The number of imidazole rings is 1. The summed E-state index contributed by atoms with van der Waals surface area (Å²) in [5.41, 5.74) is 1.44. The smallest absolute Gasteiger partial charge is 0.338 e. The Hall–Kier alpha value is -2.66. The van der Waals surface area contributed by atoms with Crippen molar-refractivity contribution in [2.45, 2.75) is 6.54 Å². The summed E-state index contributed by atoms with van der Waals surface area (Å²) in [7, 11) is 1.33. The van der Waals surface area contributed by atoms with Gasteiger partial charge in [0.25, 0.3) is 0 Å². The van der Waals surface area contributed by atoms with Crippen LogP contribution in [0.25, 0.3) is 11.4 Å². The second-order valence-electron chi connectivity index (χ2n) is 5.12. The highest BCUT2D eigenvalue weighted by Gasteiger charge is 2.17. The molecule has 3 aromatic rings. The minimum atomic E-state index is -0.448. The normalized spacial score (nSPS) is 10.6. The monoisotopic (exact) mass is 344 g/mol. The van der Waals surface area contributed by atoms with Gasteiger partial charge in [0.1, 0.15) is 11.6 Å². The molecular weight excluding hydrogens is 331 g/mol. The Kier molecular flexibility index (Phi) is 4.62. The molecule has 0 spiro atoms. The third kappa shape index (κ3) is 3.03. The Morgan fingerprint density at radius 2 is 2.04 bits per heavy atom. The third-order valence-electron chi connectivity index (χ3n) is 3.67. The maximum Gasteiger partial charge on any atom is 0.338 e. The molecule has 0 amide bonds. The van der Waals surface area contributed by atoms with Crippen LogP contribution in [0.15, 0.2) is 54.9 Å². The standard InChI is InChI=1S/C18H14ClFN2O2/c1-24-18(23)13-6-3-2-5-12(13)11-22-10-9-21-17(22)16-14(19)7-4-8-15(16)20/h2-10H,11H2,1H3. The number of methoxy groups -OCH3 is 1. The predicted molar refractivity (Wildman–Crippen MR) is 89.5 cm³/mol. The average Bonchev–Trinajstić information content (AvgIpc) is 3.02. The van der Waals surface area contributed by atoms with Crippen molar-refractivity contribution in [1.29, 1.82) is 0 Å². The van der Waals surface area contributed by atoms with Crippen molar-refractivity contribution in [3.8, 4) is 11.4 Å². The molecule has 24 heavy (non-hydrogen) atoms. The van der Waals surface area contributed by atoms with Gasteiger partial charge in [-0.1, -0.05) is 35.9 Å².